The minimum absolute atomic E-state index is 0.0245. The zero-order valence-corrected chi connectivity index (χ0v) is 20.5. The average molecular weight is 496 g/mol. The second-order valence-electron chi connectivity index (χ2n) is 9.29. The molecule has 1 atom stereocenters. The standard InChI is InChI=1S/C24H29N7O5/c1-15(2)9-11-29-20-21(26-23(29)28-10-5-7-17(25)13-28)27(3)24(34)30(22(20)33)14-19(32)16-6-4-8-18(12-16)31(35)36/h4,6,8-9,12,17H,5,7,10-11,13-14,25H2,1-3H3. The Morgan fingerprint density at radius 1 is 1.28 bits per heavy atom. The van der Waals surface area contributed by atoms with Crippen molar-refractivity contribution in [3.8, 4) is 0 Å². The van der Waals surface area contributed by atoms with Crippen molar-refractivity contribution in [1.82, 2.24) is 18.7 Å². The number of nitro benzene ring substituents is 1. The summed E-state index contributed by atoms with van der Waals surface area (Å²) < 4.78 is 3.87. The molecule has 1 aliphatic rings. The van der Waals surface area contributed by atoms with E-state index < -0.39 is 28.5 Å². The molecule has 1 unspecified atom stereocenters. The maximum atomic E-state index is 13.6. The molecule has 0 amide bonds. The van der Waals surface area contributed by atoms with Crippen molar-refractivity contribution in [2.24, 2.45) is 12.8 Å². The highest BCUT2D eigenvalue weighted by atomic mass is 16.6. The Kier molecular flexibility index (Phi) is 6.88. The number of aryl methyl sites for hydroxylation is 1. The number of aromatic nitrogens is 4. The van der Waals surface area contributed by atoms with Crippen LogP contribution in [0.1, 0.15) is 37.0 Å². The van der Waals surface area contributed by atoms with Gasteiger partial charge in [-0.05, 0) is 26.7 Å². The average Bonchev–Trinajstić information content (AvgIpc) is 3.23. The lowest BCUT2D eigenvalue weighted by atomic mass is 10.1. The van der Waals surface area contributed by atoms with Crippen LogP contribution in [-0.2, 0) is 20.1 Å². The second-order valence-corrected chi connectivity index (χ2v) is 9.29. The summed E-state index contributed by atoms with van der Waals surface area (Å²) in [6.07, 6.45) is 3.74. The number of non-ortho nitro benzene ring substituents is 1. The van der Waals surface area contributed by atoms with Crippen molar-refractivity contribution in [3.05, 3.63) is 72.4 Å². The molecule has 3 heterocycles. The molecule has 12 nitrogen and oxygen atoms in total. The molecule has 36 heavy (non-hydrogen) atoms. The molecule has 3 aromatic rings. The van der Waals surface area contributed by atoms with Crippen LogP contribution in [0.15, 0.2) is 45.5 Å². The lowest BCUT2D eigenvalue weighted by Crippen LogP contribution is -2.44. The third-order valence-electron chi connectivity index (χ3n) is 6.32. The molecular formula is C24H29N7O5. The van der Waals surface area contributed by atoms with Gasteiger partial charge in [-0.1, -0.05) is 23.8 Å². The van der Waals surface area contributed by atoms with E-state index in [0.717, 1.165) is 35.6 Å². The number of anilines is 1. The van der Waals surface area contributed by atoms with E-state index in [4.69, 9.17) is 5.73 Å². The summed E-state index contributed by atoms with van der Waals surface area (Å²) in [4.78, 5) is 56.9. The van der Waals surface area contributed by atoms with Crippen LogP contribution >= 0.6 is 0 Å². The van der Waals surface area contributed by atoms with E-state index in [9.17, 15) is 24.5 Å². The summed E-state index contributed by atoms with van der Waals surface area (Å²) in [5, 5.41) is 11.1. The smallest absolute Gasteiger partial charge is 0.332 e. The molecule has 2 N–H and O–H groups in total. The maximum Gasteiger partial charge on any atom is 0.332 e. The van der Waals surface area contributed by atoms with E-state index in [1.54, 1.807) is 4.57 Å². The summed E-state index contributed by atoms with van der Waals surface area (Å²) in [6.45, 7) is 4.99. The zero-order valence-electron chi connectivity index (χ0n) is 20.5. The molecule has 0 radical (unpaired) electrons. The highest BCUT2D eigenvalue weighted by Gasteiger charge is 2.26. The molecule has 1 saturated heterocycles. The van der Waals surface area contributed by atoms with E-state index in [0.29, 0.717) is 19.0 Å². The summed E-state index contributed by atoms with van der Waals surface area (Å²) in [5.41, 5.74) is 6.11. The van der Waals surface area contributed by atoms with Gasteiger partial charge in [0.2, 0.25) is 5.95 Å². The van der Waals surface area contributed by atoms with Crippen molar-refractivity contribution in [3.63, 3.8) is 0 Å². The fraction of sp³-hybridized carbons (Fsp3) is 0.417. The van der Waals surface area contributed by atoms with Crippen molar-refractivity contribution in [2.75, 3.05) is 18.0 Å². The second kappa shape index (κ2) is 9.90. The van der Waals surface area contributed by atoms with Gasteiger partial charge in [0.15, 0.2) is 16.9 Å². The van der Waals surface area contributed by atoms with Gasteiger partial charge in [-0.25, -0.2) is 4.79 Å². The highest BCUT2D eigenvalue weighted by molar-refractivity contribution is 5.96. The molecule has 190 valence electrons. The number of Topliss-reactive ketones (excluding diaryl/α,β-unsaturated/α-hetero) is 1. The minimum atomic E-state index is -0.694. The van der Waals surface area contributed by atoms with E-state index >= 15 is 0 Å². The summed E-state index contributed by atoms with van der Waals surface area (Å²) in [6, 6.07) is 5.18. The first-order valence-corrected chi connectivity index (χ1v) is 11.7. The number of imidazole rings is 1. The maximum absolute atomic E-state index is 13.6. The molecule has 4 rings (SSSR count). The number of nitro groups is 1. The number of carbonyl (C=O) groups excluding carboxylic acids is 1. The van der Waals surface area contributed by atoms with E-state index in [1.807, 2.05) is 24.8 Å². The normalized spacial score (nSPS) is 15.8. The van der Waals surface area contributed by atoms with Gasteiger partial charge in [0.25, 0.3) is 11.2 Å². The number of piperidine rings is 1. The van der Waals surface area contributed by atoms with Gasteiger partial charge in [0, 0.05) is 50.4 Å². The topological polar surface area (TPSA) is 151 Å². The van der Waals surface area contributed by atoms with Crippen LogP contribution in [0.5, 0.6) is 0 Å². The third-order valence-corrected chi connectivity index (χ3v) is 6.32. The Bertz CT molecular complexity index is 1490. The van der Waals surface area contributed by atoms with Gasteiger partial charge in [-0.2, -0.15) is 4.98 Å². The highest BCUT2D eigenvalue weighted by Crippen LogP contribution is 2.23. The van der Waals surface area contributed by atoms with Crippen molar-refractivity contribution >= 4 is 28.6 Å². The van der Waals surface area contributed by atoms with Crippen LogP contribution in [0, 0.1) is 10.1 Å². The molecule has 2 aromatic heterocycles. The molecule has 1 fully saturated rings. The summed E-state index contributed by atoms with van der Waals surface area (Å²) in [5.74, 6) is -0.0395. The number of ketones is 1. The first kappa shape index (κ1) is 25.0. The number of nitrogens with zero attached hydrogens (tertiary/aromatic N) is 6. The van der Waals surface area contributed by atoms with Crippen LogP contribution in [0.4, 0.5) is 11.6 Å². The van der Waals surface area contributed by atoms with Crippen LogP contribution in [-0.4, -0.2) is 48.5 Å². The van der Waals surface area contributed by atoms with E-state index in [2.05, 4.69) is 4.98 Å². The Labute approximate surface area is 206 Å². The van der Waals surface area contributed by atoms with Crippen molar-refractivity contribution in [1.29, 1.82) is 0 Å². The van der Waals surface area contributed by atoms with Gasteiger partial charge >= 0.3 is 5.69 Å². The predicted molar refractivity (Wildman–Crippen MR) is 136 cm³/mol. The quantitative estimate of drug-likeness (QED) is 0.224. The third kappa shape index (κ3) is 4.71. The largest absolute Gasteiger partial charge is 0.341 e. The molecule has 12 heteroatoms. The first-order chi connectivity index (χ1) is 17.1. The predicted octanol–water partition coefficient (Wildman–Crippen LogP) is 1.58. The monoisotopic (exact) mass is 495 g/mol. The van der Waals surface area contributed by atoms with Crippen molar-refractivity contribution < 1.29 is 9.72 Å². The fourth-order valence-electron chi connectivity index (χ4n) is 4.41. The van der Waals surface area contributed by atoms with Crippen LogP contribution in [0.2, 0.25) is 0 Å². The van der Waals surface area contributed by atoms with Gasteiger partial charge < -0.3 is 15.2 Å². The van der Waals surface area contributed by atoms with Crippen LogP contribution in [0.25, 0.3) is 11.2 Å². The number of hydrogen-bond acceptors (Lipinski definition) is 8. The lowest BCUT2D eigenvalue weighted by Gasteiger charge is -2.31. The lowest BCUT2D eigenvalue weighted by molar-refractivity contribution is -0.384. The Morgan fingerprint density at radius 3 is 2.69 bits per heavy atom. The van der Waals surface area contributed by atoms with Crippen molar-refractivity contribution in [2.45, 2.75) is 45.8 Å². The van der Waals surface area contributed by atoms with Gasteiger partial charge in [0.05, 0.1) is 11.5 Å². The van der Waals surface area contributed by atoms with E-state index in [-0.39, 0.29) is 28.5 Å². The number of nitrogens with two attached hydrogens (primary N) is 1. The molecule has 1 aromatic carbocycles. The zero-order chi connectivity index (χ0) is 26.1. The SMILES string of the molecule is CC(C)=CCn1c(N2CCCC(N)C2)nc2c1c(=O)n(CC(=O)c1cccc([N+](=O)[O-])c1)c(=O)n2C. The number of carbonyl (C=O) groups is 1. The van der Waals surface area contributed by atoms with E-state index in [1.165, 1.54) is 29.8 Å². The molecule has 1 aliphatic heterocycles. The number of allylic oxidation sites excluding steroid dienone is 2. The Balaban J connectivity index is 1.86. The number of rotatable bonds is 7. The molecular weight excluding hydrogens is 466 g/mol. The summed E-state index contributed by atoms with van der Waals surface area (Å²) >= 11 is 0. The van der Waals surface area contributed by atoms with Gasteiger partial charge in [-0.3, -0.25) is 28.8 Å². The minimum Gasteiger partial charge on any atom is -0.341 e. The van der Waals surface area contributed by atoms with Crippen LogP contribution < -0.4 is 21.9 Å². The van der Waals surface area contributed by atoms with Gasteiger partial charge in [-0.15, -0.1) is 0 Å². The summed E-state index contributed by atoms with van der Waals surface area (Å²) in [7, 11) is 1.50. The molecule has 0 spiro atoms. The molecule has 0 aliphatic carbocycles. The Morgan fingerprint density at radius 2 is 2.03 bits per heavy atom. The van der Waals surface area contributed by atoms with Crippen LogP contribution in [0.3, 0.4) is 0 Å². The number of benzene rings is 1. The molecule has 0 bridgehead atoms. The Hall–Kier alpha value is -4.06. The van der Waals surface area contributed by atoms with Gasteiger partial charge in [0.1, 0.15) is 0 Å². The first-order valence-electron chi connectivity index (χ1n) is 11.7. The number of fused-ring (bicyclic) bond motifs is 1. The fourth-order valence-corrected chi connectivity index (χ4v) is 4.41. The molecule has 0 saturated carbocycles. The number of hydrogen-bond donors (Lipinski definition) is 1.